The molecular formula is C16H22N4O3S. The Hall–Kier alpha value is -2.35. The second-order valence-corrected chi connectivity index (χ2v) is 7.37. The molecule has 1 heterocycles. The summed E-state index contributed by atoms with van der Waals surface area (Å²) in [6, 6.07) is 5.00. The summed E-state index contributed by atoms with van der Waals surface area (Å²) in [5, 5.41) is 0. The molecule has 7 nitrogen and oxygen atoms in total. The minimum Gasteiger partial charge on any atom is -0.495 e. The number of nitrogens with one attached hydrogen (secondary N) is 1. The smallest absolute Gasteiger partial charge is 0.265 e. The highest BCUT2D eigenvalue weighted by Gasteiger charge is 2.22. The molecule has 130 valence electrons. The van der Waals surface area contributed by atoms with Crippen LogP contribution in [-0.2, 0) is 10.0 Å². The Balaban J connectivity index is 2.49. The van der Waals surface area contributed by atoms with Crippen molar-refractivity contribution in [2.45, 2.75) is 25.7 Å². The van der Waals surface area contributed by atoms with Gasteiger partial charge in [0.1, 0.15) is 10.6 Å². The summed E-state index contributed by atoms with van der Waals surface area (Å²) in [7, 11) is 1.27. The van der Waals surface area contributed by atoms with E-state index in [9.17, 15) is 8.42 Å². The average molecular weight is 350 g/mol. The number of nitrogens with zero attached hydrogens (tertiary/aromatic N) is 3. The molecule has 0 atom stereocenters. The molecule has 0 spiro atoms. The van der Waals surface area contributed by atoms with Crippen molar-refractivity contribution in [1.82, 2.24) is 9.97 Å². The average Bonchev–Trinajstić information content (AvgIpc) is 2.50. The summed E-state index contributed by atoms with van der Waals surface area (Å²) in [6.45, 7) is 5.31. The van der Waals surface area contributed by atoms with E-state index >= 15 is 0 Å². The standard InChI is InChI=1S/C16H22N4O3S/c1-10-7-8-13(23-6)14(9-10)24(21,22)19-15-11(2)17-16(20(4)5)18-12(15)3/h7-9,19H,1-6H3. The number of methoxy groups -OCH3 is 1. The summed E-state index contributed by atoms with van der Waals surface area (Å²) in [6.07, 6.45) is 0. The molecule has 1 aromatic heterocycles. The van der Waals surface area contributed by atoms with Gasteiger partial charge in [0.25, 0.3) is 10.0 Å². The van der Waals surface area contributed by atoms with Gasteiger partial charge in [-0.25, -0.2) is 18.4 Å². The Labute approximate surface area is 142 Å². The van der Waals surface area contributed by atoms with E-state index in [-0.39, 0.29) is 10.6 Å². The lowest BCUT2D eigenvalue weighted by atomic mass is 10.2. The molecule has 0 aliphatic rings. The first-order chi connectivity index (χ1) is 11.2. The third-order valence-electron chi connectivity index (χ3n) is 3.50. The summed E-state index contributed by atoms with van der Waals surface area (Å²) in [5.74, 6) is 0.815. The zero-order valence-electron chi connectivity index (χ0n) is 14.7. The minimum absolute atomic E-state index is 0.0838. The molecule has 0 saturated carbocycles. The van der Waals surface area contributed by atoms with E-state index in [0.29, 0.717) is 23.0 Å². The maximum atomic E-state index is 12.8. The van der Waals surface area contributed by atoms with Crippen LogP contribution >= 0.6 is 0 Å². The van der Waals surface area contributed by atoms with Gasteiger partial charge in [-0.3, -0.25) is 4.72 Å². The highest BCUT2D eigenvalue weighted by Crippen LogP contribution is 2.28. The fraction of sp³-hybridized carbons (Fsp3) is 0.375. The molecule has 2 rings (SSSR count). The minimum atomic E-state index is -3.83. The van der Waals surface area contributed by atoms with E-state index in [0.717, 1.165) is 5.56 Å². The van der Waals surface area contributed by atoms with Gasteiger partial charge in [-0.2, -0.15) is 0 Å². The lowest BCUT2D eigenvalue weighted by Gasteiger charge is -2.17. The quantitative estimate of drug-likeness (QED) is 0.890. The molecule has 0 fully saturated rings. The molecule has 1 aromatic carbocycles. The van der Waals surface area contributed by atoms with Crippen molar-refractivity contribution in [1.29, 1.82) is 0 Å². The molecule has 0 bridgehead atoms. The number of benzene rings is 1. The molecule has 0 amide bonds. The number of rotatable bonds is 5. The van der Waals surface area contributed by atoms with Crippen LogP contribution < -0.4 is 14.4 Å². The van der Waals surface area contributed by atoms with Gasteiger partial charge >= 0.3 is 0 Å². The fourth-order valence-electron chi connectivity index (χ4n) is 2.23. The van der Waals surface area contributed by atoms with E-state index in [4.69, 9.17) is 4.74 Å². The van der Waals surface area contributed by atoms with Crippen LogP contribution in [0.5, 0.6) is 5.75 Å². The van der Waals surface area contributed by atoms with Crippen LogP contribution in [0.15, 0.2) is 23.1 Å². The van der Waals surface area contributed by atoms with Crippen LogP contribution in [0.4, 0.5) is 11.6 Å². The molecule has 0 saturated heterocycles. The van der Waals surface area contributed by atoms with Crippen LogP contribution in [0.3, 0.4) is 0 Å². The van der Waals surface area contributed by atoms with Crippen molar-refractivity contribution in [3.05, 3.63) is 35.2 Å². The van der Waals surface area contributed by atoms with Crippen molar-refractivity contribution < 1.29 is 13.2 Å². The first-order valence-electron chi connectivity index (χ1n) is 7.35. The Morgan fingerprint density at radius 2 is 1.67 bits per heavy atom. The predicted molar refractivity (Wildman–Crippen MR) is 94.4 cm³/mol. The first kappa shape index (κ1) is 18.0. The Kier molecular flexibility index (Phi) is 4.98. The molecule has 0 aliphatic heterocycles. The molecule has 8 heteroatoms. The van der Waals surface area contributed by atoms with Crippen molar-refractivity contribution in [3.63, 3.8) is 0 Å². The molecule has 0 unspecified atom stereocenters. The maximum absolute atomic E-state index is 12.8. The fourth-order valence-corrected chi connectivity index (χ4v) is 3.66. The monoisotopic (exact) mass is 350 g/mol. The van der Waals surface area contributed by atoms with Crippen LogP contribution in [-0.4, -0.2) is 39.6 Å². The van der Waals surface area contributed by atoms with Gasteiger partial charge in [0.05, 0.1) is 24.2 Å². The van der Waals surface area contributed by atoms with Crippen molar-refractivity contribution >= 4 is 21.7 Å². The number of aryl methyl sites for hydroxylation is 3. The van der Waals surface area contributed by atoms with E-state index in [1.807, 2.05) is 21.0 Å². The molecular weight excluding hydrogens is 328 g/mol. The van der Waals surface area contributed by atoms with Gasteiger partial charge < -0.3 is 9.64 Å². The highest BCUT2D eigenvalue weighted by molar-refractivity contribution is 7.92. The van der Waals surface area contributed by atoms with Crippen LogP contribution in [0.25, 0.3) is 0 Å². The zero-order chi connectivity index (χ0) is 18.1. The van der Waals surface area contributed by atoms with Crippen LogP contribution in [0, 0.1) is 20.8 Å². The van der Waals surface area contributed by atoms with Gasteiger partial charge in [-0.05, 0) is 38.5 Å². The van der Waals surface area contributed by atoms with E-state index in [2.05, 4.69) is 14.7 Å². The topological polar surface area (TPSA) is 84.4 Å². The molecule has 0 aliphatic carbocycles. The number of aromatic nitrogens is 2. The van der Waals surface area contributed by atoms with Crippen LogP contribution in [0.2, 0.25) is 0 Å². The van der Waals surface area contributed by atoms with Gasteiger partial charge in [0.15, 0.2) is 0 Å². The van der Waals surface area contributed by atoms with E-state index in [1.54, 1.807) is 36.9 Å². The summed E-state index contributed by atoms with van der Waals surface area (Å²) < 4.78 is 33.4. The summed E-state index contributed by atoms with van der Waals surface area (Å²) in [4.78, 5) is 10.5. The normalized spacial score (nSPS) is 11.2. The SMILES string of the molecule is COc1ccc(C)cc1S(=O)(=O)Nc1c(C)nc(N(C)C)nc1C. The maximum Gasteiger partial charge on any atom is 0.265 e. The van der Waals surface area contributed by atoms with Gasteiger partial charge in [-0.15, -0.1) is 0 Å². The molecule has 1 N–H and O–H groups in total. The molecule has 0 radical (unpaired) electrons. The first-order valence-corrected chi connectivity index (χ1v) is 8.84. The Morgan fingerprint density at radius 1 is 1.08 bits per heavy atom. The number of hydrogen-bond donors (Lipinski definition) is 1. The van der Waals surface area contributed by atoms with Crippen molar-refractivity contribution in [2.75, 3.05) is 30.8 Å². The van der Waals surface area contributed by atoms with Crippen LogP contribution in [0.1, 0.15) is 17.0 Å². The molecule has 2 aromatic rings. The van der Waals surface area contributed by atoms with Gasteiger partial charge in [0.2, 0.25) is 5.95 Å². The number of hydrogen-bond acceptors (Lipinski definition) is 6. The van der Waals surface area contributed by atoms with Gasteiger partial charge in [0, 0.05) is 14.1 Å². The van der Waals surface area contributed by atoms with Crippen molar-refractivity contribution in [2.24, 2.45) is 0 Å². The number of sulfonamides is 1. The van der Waals surface area contributed by atoms with E-state index < -0.39 is 10.0 Å². The second kappa shape index (κ2) is 6.64. The Bertz CT molecular complexity index is 841. The molecule has 24 heavy (non-hydrogen) atoms. The number of ether oxygens (including phenoxy) is 1. The highest BCUT2D eigenvalue weighted by atomic mass is 32.2. The van der Waals surface area contributed by atoms with Gasteiger partial charge in [-0.1, -0.05) is 6.07 Å². The summed E-state index contributed by atoms with van der Waals surface area (Å²) >= 11 is 0. The van der Waals surface area contributed by atoms with Crippen molar-refractivity contribution in [3.8, 4) is 5.75 Å². The predicted octanol–water partition coefficient (Wildman–Crippen LogP) is 2.28. The second-order valence-electron chi connectivity index (χ2n) is 5.72. The largest absolute Gasteiger partial charge is 0.495 e. The third-order valence-corrected chi connectivity index (χ3v) is 4.88. The Morgan fingerprint density at radius 3 is 2.17 bits per heavy atom. The lowest BCUT2D eigenvalue weighted by Crippen LogP contribution is -2.19. The zero-order valence-corrected chi connectivity index (χ0v) is 15.5. The third kappa shape index (κ3) is 3.59. The lowest BCUT2D eigenvalue weighted by molar-refractivity contribution is 0.402. The van der Waals surface area contributed by atoms with E-state index in [1.165, 1.54) is 7.11 Å². The number of anilines is 2. The summed E-state index contributed by atoms with van der Waals surface area (Å²) in [5.41, 5.74) is 2.32.